The zero-order valence-corrected chi connectivity index (χ0v) is 17.3. The molecule has 150 valence electrons. The topological polar surface area (TPSA) is 56.8 Å². The maximum atomic E-state index is 13.5. The van der Waals surface area contributed by atoms with Gasteiger partial charge in [-0.1, -0.05) is 17.7 Å². The van der Waals surface area contributed by atoms with Crippen LogP contribution in [0.25, 0.3) is 0 Å². The maximum Gasteiger partial charge on any atom is 0.277 e. The van der Waals surface area contributed by atoms with Gasteiger partial charge in [0.1, 0.15) is 11.7 Å². The van der Waals surface area contributed by atoms with Crippen LogP contribution < -0.4 is 14.7 Å². The van der Waals surface area contributed by atoms with Gasteiger partial charge in [0.25, 0.3) is 5.91 Å². The summed E-state index contributed by atoms with van der Waals surface area (Å²) in [5, 5.41) is 0. The monoisotopic (exact) mass is 390 g/mol. The summed E-state index contributed by atoms with van der Waals surface area (Å²) in [5.74, 6) is 0.748. The number of carbonyl (C=O) groups is 2. The lowest BCUT2D eigenvalue weighted by molar-refractivity contribution is -0.119. The van der Waals surface area contributed by atoms with E-state index in [2.05, 4.69) is 30.9 Å². The van der Waals surface area contributed by atoms with Gasteiger partial charge in [0, 0.05) is 24.8 Å². The lowest BCUT2D eigenvalue weighted by Gasteiger charge is -2.39. The highest BCUT2D eigenvalue weighted by atomic mass is 16.2. The van der Waals surface area contributed by atoms with Gasteiger partial charge < -0.3 is 14.7 Å². The molecule has 0 radical (unpaired) electrons. The first-order chi connectivity index (χ1) is 13.9. The van der Waals surface area contributed by atoms with Gasteiger partial charge in [0.2, 0.25) is 5.91 Å². The Morgan fingerprint density at radius 1 is 1.10 bits per heavy atom. The molecule has 1 aliphatic carbocycles. The van der Waals surface area contributed by atoms with E-state index in [9.17, 15) is 9.59 Å². The number of hydrogen-bond donors (Lipinski definition) is 0. The number of likely N-dealkylation sites (N-methyl/N-ethyl adjacent to an activating group) is 1. The van der Waals surface area contributed by atoms with Crippen molar-refractivity contribution in [1.29, 1.82) is 0 Å². The van der Waals surface area contributed by atoms with Crippen molar-refractivity contribution in [3.05, 3.63) is 47.2 Å². The summed E-state index contributed by atoms with van der Waals surface area (Å²) in [7, 11) is 1.78. The van der Waals surface area contributed by atoms with Gasteiger partial charge in [-0.25, -0.2) is 4.98 Å². The van der Waals surface area contributed by atoms with Gasteiger partial charge in [-0.15, -0.1) is 0 Å². The predicted molar refractivity (Wildman–Crippen MR) is 114 cm³/mol. The third kappa shape index (κ3) is 2.73. The fourth-order valence-electron chi connectivity index (χ4n) is 4.75. The molecule has 2 atom stereocenters. The van der Waals surface area contributed by atoms with Gasteiger partial charge >= 0.3 is 0 Å². The van der Waals surface area contributed by atoms with Crippen LogP contribution in [0.5, 0.6) is 0 Å². The van der Waals surface area contributed by atoms with Crippen molar-refractivity contribution in [2.45, 2.75) is 58.2 Å². The number of hydrogen-bond acceptors (Lipinski definition) is 4. The molecular weight excluding hydrogens is 364 g/mol. The second kappa shape index (κ2) is 6.31. The molecule has 6 heteroatoms. The molecular formula is C23H26N4O2. The third-order valence-electron chi connectivity index (χ3n) is 6.39. The molecule has 1 aromatic carbocycles. The van der Waals surface area contributed by atoms with E-state index in [1.165, 1.54) is 11.1 Å². The fourth-order valence-corrected chi connectivity index (χ4v) is 4.75. The molecule has 0 N–H and O–H groups in total. The standard InChI is InChI=1S/C23H26N4O2/c1-13-5-9-19-16(11-13)12-14(2)26(19)23(29)18-8-10-20-21(24-18)27(17-6-7-17)15(3)22(28)25(20)4/h5,8-11,14-15,17H,6-7,12H2,1-4H3. The van der Waals surface area contributed by atoms with E-state index in [0.29, 0.717) is 11.7 Å². The van der Waals surface area contributed by atoms with Crippen LogP contribution in [0.15, 0.2) is 30.3 Å². The Morgan fingerprint density at radius 3 is 2.55 bits per heavy atom. The summed E-state index contributed by atoms with van der Waals surface area (Å²) in [6.45, 7) is 6.08. The molecule has 1 saturated carbocycles. The smallest absolute Gasteiger partial charge is 0.277 e. The molecule has 2 aliphatic heterocycles. The molecule has 1 aromatic heterocycles. The normalized spacial score (nSPS) is 23.3. The Bertz CT molecular complexity index is 1030. The van der Waals surface area contributed by atoms with E-state index in [1.54, 1.807) is 18.0 Å². The van der Waals surface area contributed by atoms with Crippen LogP contribution >= 0.6 is 0 Å². The zero-order chi connectivity index (χ0) is 20.4. The number of amides is 2. The summed E-state index contributed by atoms with van der Waals surface area (Å²) in [4.78, 5) is 36.6. The molecule has 1 fully saturated rings. The molecule has 0 spiro atoms. The number of carbonyl (C=O) groups excluding carboxylic acids is 2. The highest BCUT2D eigenvalue weighted by Gasteiger charge is 2.43. The molecule has 3 heterocycles. The highest BCUT2D eigenvalue weighted by Crippen LogP contribution is 2.41. The van der Waals surface area contributed by atoms with Crippen LogP contribution in [0, 0.1) is 6.92 Å². The zero-order valence-electron chi connectivity index (χ0n) is 17.3. The average Bonchev–Trinajstić information content (AvgIpc) is 3.47. The van der Waals surface area contributed by atoms with Gasteiger partial charge in [-0.3, -0.25) is 9.59 Å². The molecule has 29 heavy (non-hydrogen) atoms. The average molecular weight is 390 g/mol. The minimum Gasteiger partial charge on any atom is -0.340 e. The molecule has 2 aromatic rings. The number of rotatable bonds is 2. The quantitative estimate of drug-likeness (QED) is 0.789. The van der Waals surface area contributed by atoms with Crippen LogP contribution in [0.4, 0.5) is 17.2 Å². The summed E-state index contributed by atoms with van der Waals surface area (Å²) >= 11 is 0. The van der Waals surface area contributed by atoms with Crippen molar-refractivity contribution in [3.8, 4) is 0 Å². The molecule has 6 nitrogen and oxygen atoms in total. The Morgan fingerprint density at radius 2 is 1.83 bits per heavy atom. The molecule has 2 unspecified atom stereocenters. The third-order valence-corrected chi connectivity index (χ3v) is 6.39. The van der Waals surface area contributed by atoms with Crippen molar-refractivity contribution in [3.63, 3.8) is 0 Å². The van der Waals surface area contributed by atoms with E-state index in [0.717, 1.165) is 36.5 Å². The van der Waals surface area contributed by atoms with Gasteiger partial charge in [-0.2, -0.15) is 0 Å². The predicted octanol–water partition coefficient (Wildman–Crippen LogP) is 3.32. The van der Waals surface area contributed by atoms with E-state index in [1.807, 2.05) is 24.0 Å². The van der Waals surface area contributed by atoms with E-state index < -0.39 is 0 Å². The Hall–Kier alpha value is -2.89. The highest BCUT2D eigenvalue weighted by molar-refractivity contribution is 6.09. The lowest BCUT2D eigenvalue weighted by atomic mass is 10.1. The first kappa shape index (κ1) is 18.2. The Labute approximate surface area is 171 Å². The summed E-state index contributed by atoms with van der Waals surface area (Å²) < 4.78 is 0. The lowest BCUT2D eigenvalue weighted by Crippen LogP contribution is -2.52. The molecule has 5 rings (SSSR count). The van der Waals surface area contributed by atoms with Gasteiger partial charge in [0.05, 0.1) is 5.69 Å². The van der Waals surface area contributed by atoms with E-state index in [-0.39, 0.29) is 23.9 Å². The number of aryl methyl sites for hydroxylation is 1. The van der Waals surface area contributed by atoms with Crippen molar-refractivity contribution in [1.82, 2.24) is 4.98 Å². The summed E-state index contributed by atoms with van der Waals surface area (Å²) in [6.07, 6.45) is 2.99. The van der Waals surface area contributed by atoms with Crippen LogP contribution in [-0.2, 0) is 11.2 Å². The molecule has 2 amide bonds. The van der Waals surface area contributed by atoms with Gasteiger partial charge in [0.15, 0.2) is 5.82 Å². The van der Waals surface area contributed by atoms with Crippen molar-refractivity contribution in [2.24, 2.45) is 0 Å². The molecule has 0 bridgehead atoms. The number of pyridine rings is 1. The second-order valence-electron chi connectivity index (χ2n) is 8.61. The maximum absolute atomic E-state index is 13.5. The fraction of sp³-hybridized carbons (Fsp3) is 0.435. The van der Waals surface area contributed by atoms with Crippen molar-refractivity contribution < 1.29 is 9.59 Å². The number of fused-ring (bicyclic) bond motifs is 2. The number of aromatic nitrogens is 1. The summed E-state index contributed by atoms with van der Waals surface area (Å²) in [5.41, 5.74) is 4.61. The Kier molecular flexibility index (Phi) is 3.95. The minimum absolute atomic E-state index is 0.0720. The van der Waals surface area contributed by atoms with Crippen LogP contribution in [0.2, 0.25) is 0 Å². The Balaban J connectivity index is 1.55. The number of benzene rings is 1. The van der Waals surface area contributed by atoms with Crippen LogP contribution in [0.1, 0.15) is 48.3 Å². The number of anilines is 3. The largest absolute Gasteiger partial charge is 0.340 e. The minimum atomic E-state index is -0.257. The first-order valence-corrected chi connectivity index (χ1v) is 10.4. The summed E-state index contributed by atoms with van der Waals surface area (Å²) in [6, 6.07) is 10.1. The van der Waals surface area contributed by atoms with Crippen LogP contribution in [-0.4, -0.2) is 42.0 Å². The first-order valence-electron chi connectivity index (χ1n) is 10.4. The molecule has 3 aliphatic rings. The van der Waals surface area contributed by atoms with Gasteiger partial charge in [-0.05, 0) is 63.8 Å². The van der Waals surface area contributed by atoms with E-state index in [4.69, 9.17) is 4.98 Å². The van der Waals surface area contributed by atoms with Crippen molar-refractivity contribution >= 4 is 29.0 Å². The SMILES string of the molecule is Cc1ccc2c(c1)CC(C)N2C(=O)c1ccc2c(n1)N(C1CC1)C(C)C(=O)N2C. The van der Waals surface area contributed by atoms with Crippen LogP contribution in [0.3, 0.4) is 0 Å². The van der Waals surface area contributed by atoms with Crippen molar-refractivity contribution in [2.75, 3.05) is 21.7 Å². The molecule has 0 saturated heterocycles. The second-order valence-corrected chi connectivity index (χ2v) is 8.61. The number of nitrogens with zero attached hydrogens (tertiary/aromatic N) is 4. The van der Waals surface area contributed by atoms with E-state index >= 15 is 0 Å².